The zero-order valence-electron chi connectivity index (χ0n) is 15.1. The number of hydrogen-bond acceptors (Lipinski definition) is 6. The average Bonchev–Trinajstić information content (AvgIpc) is 3.15. The Balaban J connectivity index is 1.39. The molecule has 140 valence electrons. The maximum Gasteiger partial charge on any atom is 0.277 e. The van der Waals surface area contributed by atoms with E-state index in [0.717, 1.165) is 24.3 Å². The highest BCUT2D eigenvalue weighted by atomic mass is 32.2. The zero-order chi connectivity index (χ0) is 18.9. The van der Waals surface area contributed by atoms with Gasteiger partial charge in [-0.05, 0) is 42.7 Å². The highest BCUT2D eigenvalue weighted by molar-refractivity contribution is 7.99. The van der Waals surface area contributed by atoms with E-state index in [1.165, 1.54) is 17.3 Å². The van der Waals surface area contributed by atoms with Crippen LogP contribution >= 0.6 is 11.8 Å². The maximum atomic E-state index is 11.9. The van der Waals surface area contributed by atoms with Crippen molar-refractivity contribution in [1.82, 2.24) is 10.2 Å². The summed E-state index contributed by atoms with van der Waals surface area (Å²) in [5.41, 5.74) is 2.01. The summed E-state index contributed by atoms with van der Waals surface area (Å²) in [7, 11) is 1.66. The van der Waals surface area contributed by atoms with Crippen LogP contribution in [0.25, 0.3) is 0 Å². The second-order valence-corrected chi connectivity index (χ2v) is 6.79. The molecule has 0 saturated carbocycles. The van der Waals surface area contributed by atoms with Gasteiger partial charge in [-0.2, -0.15) is 0 Å². The number of ether oxygens (including phenoxy) is 1. The lowest BCUT2D eigenvalue weighted by atomic mass is 10.1. The molecule has 6 nitrogen and oxygen atoms in total. The lowest BCUT2D eigenvalue weighted by Crippen LogP contribution is -2.13. The first-order chi connectivity index (χ1) is 13.2. The van der Waals surface area contributed by atoms with Crippen LogP contribution in [0.15, 0.2) is 64.2 Å². The van der Waals surface area contributed by atoms with Gasteiger partial charge in [0.1, 0.15) is 5.75 Å². The molecule has 1 heterocycles. The van der Waals surface area contributed by atoms with Gasteiger partial charge in [0, 0.05) is 12.1 Å². The van der Waals surface area contributed by atoms with Gasteiger partial charge in [-0.3, -0.25) is 4.79 Å². The number of aromatic nitrogens is 2. The van der Waals surface area contributed by atoms with Crippen LogP contribution in [0.1, 0.15) is 17.9 Å². The lowest BCUT2D eigenvalue weighted by molar-refractivity contribution is -0.113. The number of amides is 1. The maximum absolute atomic E-state index is 11.9. The molecule has 0 bridgehead atoms. The Labute approximate surface area is 162 Å². The molecule has 27 heavy (non-hydrogen) atoms. The van der Waals surface area contributed by atoms with E-state index in [9.17, 15) is 4.79 Å². The summed E-state index contributed by atoms with van der Waals surface area (Å²) in [5.74, 6) is 1.57. The van der Waals surface area contributed by atoms with Crippen molar-refractivity contribution in [3.8, 4) is 5.75 Å². The van der Waals surface area contributed by atoms with Gasteiger partial charge in [-0.1, -0.05) is 42.1 Å². The van der Waals surface area contributed by atoms with Gasteiger partial charge in [0.2, 0.25) is 11.8 Å². The van der Waals surface area contributed by atoms with Crippen molar-refractivity contribution < 1.29 is 13.9 Å². The third-order valence-corrected chi connectivity index (χ3v) is 4.67. The molecule has 3 aromatic rings. The lowest BCUT2D eigenvalue weighted by Gasteiger charge is -2.03. The molecular weight excluding hydrogens is 362 g/mol. The van der Waals surface area contributed by atoms with Crippen LogP contribution in [0.5, 0.6) is 5.75 Å². The molecule has 0 spiro atoms. The van der Waals surface area contributed by atoms with E-state index < -0.39 is 0 Å². The largest absolute Gasteiger partial charge is 0.497 e. The molecule has 0 aliphatic carbocycles. The molecule has 0 saturated heterocycles. The number of hydrogen-bond donors (Lipinski definition) is 1. The molecule has 1 amide bonds. The van der Waals surface area contributed by atoms with E-state index in [2.05, 4.69) is 27.6 Å². The summed E-state index contributed by atoms with van der Waals surface area (Å²) in [6.45, 7) is 0. The van der Waals surface area contributed by atoms with Gasteiger partial charge in [0.05, 0.1) is 12.9 Å². The van der Waals surface area contributed by atoms with Crippen LogP contribution in [-0.4, -0.2) is 29.0 Å². The van der Waals surface area contributed by atoms with E-state index in [4.69, 9.17) is 9.15 Å². The summed E-state index contributed by atoms with van der Waals surface area (Å²) in [6, 6.07) is 17.4. The highest BCUT2D eigenvalue weighted by Crippen LogP contribution is 2.18. The van der Waals surface area contributed by atoms with Crippen molar-refractivity contribution in [3.63, 3.8) is 0 Å². The number of carbonyl (C=O) groups is 1. The van der Waals surface area contributed by atoms with Gasteiger partial charge >= 0.3 is 0 Å². The van der Waals surface area contributed by atoms with E-state index >= 15 is 0 Å². The van der Waals surface area contributed by atoms with E-state index in [1.54, 1.807) is 7.11 Å². The number of anilines is 1. The van der Waals surface area contributed by atoms with Crippen LogP contribution in [0, 0.1) is 0 Å². The number of para-hydroxylation sites is 1. The van der Waals surface area contributed by atoms with Crippen LogP contribution in [-0.2, 0) is 17.6 Å². The SMILES string of the molecule is COc1ccc(CCCc2nnc(SCC(=O)Nc3ccccc3)o2)cc1. The monoisotopic (exact) mass is 383 g/mol. The van der Waals surface area contributed by atoms with Crippen LogP contribution < -0.4 is 10.1 Å². The normalized spacial score (nSPS) is 10.6. The summed E-state index contributed by atoms with van der Waals surface area (Å²) >= 11 is 1.24. The Hall–Kier alpha value is -2.80. The van der Waals surface area contributed by atoms with Crippen molar-refractivity contribution >= 4 is 23.4 Å². The van der Waals surface area contributed by atoms with E-state index in [-0.39, 0.29) is 11.7 Å². The molecular formula is C20H21N3O3S. The molecule has 0 atom stereocenters. The Morgan fingerprint density at radius 2 is 1.85 bits per heavy atom. The number of aryl methyl sites for hydroxylation is 2. The van der Waals surface area contributed by atoms with Gasteiger partial charge < -0.3 is 14.5 Å². The molecule has 7 heteroatoms. The highest BCUT2D eigenvalue weighted by Gasteiger charge is 2.10. The van der Waals surface area contributed by atoms with Crippen molar-refractivity contribution in [1.29, 1.82) is 0 Å². The number of benzene rings is 2. The molecule has 1 aromatic heterocycles. The summed E-state index contributed by atoms with van der Waals surface area (Å²) in [4.78, 5) is 11.9. The first-order valence-corrected chi connectivity index (χ1v) is 9.64. The fourth-order valence-corrected chi connectivity index (χ4v) is 3.06. The number of thioether (sulfide) groups is 1. The van der Waals surface area contributed by atoms with Crippen molar-refractivity contribution in [3.05, 3.63) is 66.1 Å². The quantitative estimate of drug-likeness (QED) is 0.563. The zero-order valence-corrected chi connectivity index (χ0v) is 15.9. The van der Waals surface area contributed by atoms with Crippen LogP contribution in [0.2, 0.25) is 0 Å². The summed E-state index contributed by atoms with van der Waals surface area (Å²) in [6.07, 6.45) is 2.54. The van der Waals surface area contributed by atoms with Crippen LogP contribution in [0.4, 0.5) is 5.69 Å². The van der Waals surface area contributed by atoms with Gasteiger partial charge in [0.25, 0.3) is 5.22 Å². The van der Waals surface area contributed by atoms with Crippen LogP contribution in [0.3, 0.4) is 0 Å². The Morgan fingerprint density at radius 1 is 1.07 bits per heavy atom. The minimum atomic E-state index is -0.106. The molecule has 0 fully saturated rings. The van der Waals surface area contributed by atoms with Gasteiger partial charge in [0.15, 0.2) is 0 Å². The van der Waals surface area contributed by atoms with Crippen molar-refractivity contribution in [2.75, 3.05) is 18.2 Å². The summed E-state index contributed by atoms with van der Waals surface area (Å²) < 4.78 is 10.8. The third kappa shape index (κ3) is 6.14. The smallest absolute Gasteiger partial charge is 0.277 e. The van der Waals surface area contributed by atoms with Crippen molar-refractivity contribution in [2.45, 2.75) is 24.5 Å². The predicted molar refractivity (Wildman–Crippen MR) is 105 cm³/mol. The summed E-state index contributed by atoms with van der Waals surface area (Å²) in [5, 5.41) is 11.3. The number of methoxy groups -OCH3 is 1. The second kappa shape index (κ2) is 9.78. The standard InChI is InChI=1S/C20H21N3O3S/c1-25-17-12-10-15(11-13-17)6-5-9-19-22-23-20(26-19)27-14-18(24)21-16-7-3-2-4-8-16/h2-4,7-8,10-13H,5-6,9,14H2,1H3,(H,21,24). The molecule has 0 aliphatic rings. The fourth-order valence-electron chi connectivity index (χ4n) is 2.48. The Bertz CT molecular complexity index is 850. The van der Waals surface area contributed by atoms with E-state index in [1.807, 2.05) is 42.5 Å². The van der Waals surface area contributed by atoms with Gasteiger partial charge in [-0.25, -0.2) is 0 Å². The number of nitrogens with one attached hydrogen (secondary N) is 1. The molecule has 0 aliphatic heterocycles. The molecule has 3 rings (SSSR count). The third-order valence-electron chi connectivity index (χ3n) is 3.85. The molecule has 0 radical (unpaired) electrons. The predicted octanol–water partition coefficient (Wildman–Crippen LogP) is 3.98. The molecule has 1 N–H and O–H groups in total. The first-order valence-electron chi connectivity index (χ1n) is 8.66. The van der Waals surface area contributed by atoms with E-state index in [0.29, 0.717) is 17.5 Å². The number of rotatable bonds is 9. The minimum Gasteiger partial charge on any atom is -0.497 e. The topological polar surface area (TPSA) is 77.2 Å². The Morgan fingerprint density at radius 3 is 2.59 bits per heavy atom. The average molecular weight is 383 g/mol. The molecule has 0 unspecified atom stereocenters. The number of nitrogens with zero attached hydrogens (tertiary/aromatic N) is 2. The van der Waals surface area contributed by atoms with Gasteiger partial charge in [-0.15, -0.1) is 10.2 Å². The Kier molecular flexibility index (Phi) is 6.87. The second-order valence-electron chi connectivity index (χ2n) is 5.87. The number of carbonyl (C=O) groups excluding carboxylic acids is 1. The fraction of sp³-hybridized carbons (Fsp3) is 0.250. The minimum absolute atomic E-state index is 0.106. The first kappa shape index (κ1) is 19.0. The molecule has 2 aromatic carbocycles. The van der Waals surface area contributed by atoms with Crippen molar-refractivity contribution in [2.24, 2.45) is 0 Å².